The van der Waals surface area contributed by atoms with Crippen molar-refractivity contribution in [2.45, 2.75) is 0 Å². The van der Waals surface area contributed by atoms with Crippen LogP contribution in [0, 0.1) is 11.6 Å². The summed E-state index contributed by atoms with van der Waals surface area (Å²) in [5.74, 6) is -1.21. The van der Waals surface area contributed by atoms with E-state index in [1.807, 2.05) is 34.9 Å². The highest BCUT2D eigenvalue weighted by atomic mass is 19.1. The van der Waals surface area contributed by atoms with E-state index in [2.05, 4.69) is 4.98 Å². The van der Waals surface area contributed by atoms with Crippen LogP contribution in [-0.2, 0) is 0 Å². The number of rotatable bonds is 2. The Balaban J connectivity index is 1.83. The second kappa shape index (κ2) is 5.45. The first-order valence-corrected chi connectivity index (χ1v) is 7.40. The van der Waals surface area contributed by atoms with Crippen LogP contribution in [0.2, 0.25) is 0 Å². The van der Waals surface area contributed by atoms with E-state index in [4.69, 9.17) is 5.73 Å². The average Bonchev–Trinajstić information content (AvgIpc) is 2.97. The van der Waals surface area contributed by atoms with Gasteiger partial charge in [0.15, 0.2) is 0 Å². The number of hydrogen-bond acceptors (Lipinski definition) is 2. The molecule has 0 aliphatic rings. The Morgan fingerprint density at radius 3 is 2.38 bits per heavy atom. The molecule has 4 rings (SSSR count). The predicted octanol–water partition coefficient (Wildman–Crippen LogP) is 4.53. The fourth-order valence-electron chi connectivity index (χ4n) is 2.79. The molecule has 0 atom stereocenters. The van der Waals surface area contributed by atoms with E-state index < -0.39 is 11.6 Å². The minimum atomic E-state index is -0.603. The van der Waals surface area contributed by atoms with E-state index in [0.717, 1.165) is 17.3 Å². The maximum absolute atomic E-state index is 13.4. The second-order valence-electron chi connectivity index (χ2n) is 5.57. The van der Waals surface area contributed by atoms with Crippen molar-refractivity contribution < 1.29 is 8.78 Å². The topological polar surface area (TPSA) is 43.3 Å². The fraction of sp³-hybridized carbons (Fsp3) is 0. The molecule has 0 radical (unpaired) electrons. The van der Waals surface area contributed by atoms with Crippen molar-refractivity contribution in [1.29, 1.82) is 0 Å². The Kier molecular flexibility index (Phi) is 3.27. The Morgan fingerprint density at radius 1 is 0.833 bits per heavy atom. The monoisotopic (exact) mass is 321 g/mol. The largest absolute Gasteiger partial charge is 0.399 e. The number of anilines is 1. The molecule has 0 bridgehead atoms. The van der Waals surface area contributed by atoms with Crippen LogP contribution in [0.4, 0.5) is 14.5 Å². The molecule has 2 N–H and O–H groups in total. The van der Waals surface area contributed by atoms with Crippen molar-refractivity contribution in [1.82, 2.24) is 9.38 Å². The third-order valence-corrected chi connectivity index (χ3v) is 3.89. The molecule has 5 heteroatoms. The van der Waals surface area contributed by atoms with E-state index in [0.29, 0.717) is 22.5 Å². The summed E-state index contributed by atoms with van der Waals surface area (Å²) in [4.78, 5) is 4.39. The van der Waals surface area contributed by atoms with Crippen LogP contribution >= 0.6 is 0 Å². The lowest BCUT2D eigenvalue weighted by atomic mass is 10.1. The summed E-state index contributed by atoms with van der Waals surface area (Å²) in [7, 11) is 0. The SMILES string of the molecule is Nc1cccc(-c2cnc3cc(-c4cc(F)cc(F)c4)ccn23)c1. The average molecular weight is 321 g/mol. The predicted molar refractivity (Wildman–Crippen MR) is 90.4 cm³/mol. The first kappa shape index (κ1) is 14.4. The zero-order valence-electron chi connectivity index (χ0n) is 12.6. The molecule has 118 valence electrons. The van der Waals surface area contributed by atoms with Crippen LogP contribution in [0.25, 0.3) is 28.0 Å². The Bertz CT molecular complexity index is 1030. The standard InChI is InChI=1S/C19H13F2N3/c20-15-6-14(7-16(21)10-15)12-4-5-24-18(11-23-19(24)9-12)13-2-1-3-17(22)8-13/h1-11H,22H2. The Hall–Kier alpha value is -3.21. The summed E-state index contributed by atoms with van der Waals surface area (Å²) in [5, 5.41) is 0. The van der Waals surface area contributed by atoms with Gasteiger partial charge in [-0.3, -0.25) is 4.40 Å². The summed E-state index contributed by atoms with van der Waals surface area (Å²) >= 11 is 0. The van der Waals surface area contributed by atoms with Crippen molar-refractivity contribution >= 4 is 11.3 Å². The van der Waals surface area contributed by atoms with Gasteiger partial charge in [-0.1, -0.05) is 12.1 Å². The number of imidazole rings is 1. The van der Waals surface area contributed by atoms with Crippen molar-refractivity contribution in [3.63, 3.8) is 0 Å². The van der Waals surface area contributed by atoms with Crippen molar-refractivity contribution in [3.05, 3.63) is 78.6 Å². The molecule has 0 aliphatic carbocycles. The highest BCUT2D eigenvalue weighted by molar-refractivity contribution is 5.72. The molecule has 24 heavy (non-hydrogen) atoms. The number of nitrogens with two attached hydrogens (primary N) is 1. The van der Waals surface area contributed by atoms with E-state index >= 15 is 0 Å². The lowest BCUT2D eigenvalue weighted by molar-refractivity contribution is 0.584. The number of aromatic nitrogens is 2. The quantitative estimate of drug-likeness (QED) is 0.551. The van der Waals surface area contributed by atoms with Gasteiger partial charge in [0.2, 0.25) is 0 Å². The van der Waals surface area contributed by atoms with Gasteiger partial charge in [0.05, 0.1) is 11.9 Å². The number of pyridine rings is 1. The van der Waals surface area contributed by atoms with Crippen molar-refractivity contribution in [3.8, 4) is 22.4 Å². The van der Waals surface area contributed by atoms with E-state index in [-0.39, 0.29) is 0 Å². The lowest BCUT2D eigenvalue weighted by Gasteiger charge is -2.06. The molecule has 0 saturated carbocycles. The number of nitrogens with zero attached hydrogens (tertiary/aromatic N) is 2. The fourth-order valence-corrected chi connectivity index (χ4v) is 2.79. The van der Waals surface area contributed by atoms with E-state index in [1.54, 1.807) is 18.3 Å². The maximum Gasteiger partial charge on any atom is 0.137 e. The molecule has 0 amide bonds. The minimum Gasteiger partial charge on any atom is -0.399 e. The van der Waals surface area contributed by atoms with Crippen LogP contribution in [0.3, 0.4) is 0 Å². The molecular formula is C19H13F2N3. The Morgan fingerprint density at radius 2 is 1.62 bits per heavy atom. The summed E-state index contributed by atoms with van der Waals surface area (Å²) in [6, 6.07) is 14.6. The second-order valence-corrected chi connectivity index (χ2v) is 5.57. The molecule has 4 aromatic rings. The highest BCUT2D eigenvalue weighted by Gasteiger charge is 2.09. The first-order chi connectivity index (χ1) is 11.6. The lowest BCUT2D eigenvalue weighted by Crippen LogP contribution is -1.91. The van der Waals surface area contributed by atoms with Gasteiger partial charge in [-0.05, 0) is 47.5 Å². The molecule has 0 unspecified atom stereocenters. The third kappa shape index (κ3) is 2.50. The summed E-state index contributed by atoms with van der Waals surface area (Å²) in [6.45, 7) is 0. The number of benzene rings is 2. The number of nitrogen functional groups attached to an aromatic ring is 1. The molecule has 2 heterocycles. The maximum atomic E-state index is 13.4. The zero-order chi connectivity index (χ0) is 16.7. The number of fused-ring (bicyclic) bond motifs is 1. The van der Waals surface area contributed by atoms with Crippen molar-refractivity contribution in [2.24, 2.45) is 0 Å². The van der Waals surface area contributed by atoms with Crippen LogP contribution in [0.1, 0.15) is 0 Å². The molecule has 0 fully saturated rings. The molecule has 2 aromatic heterocycles. The first-order valence-electron chi connectivity index (χ1n) is 7.40. The third-order valence-electron chi connectivity index (χ3n) is 3.89. The molecule has 0 saturated heterocycles. The zero-order valence-corrected chi connectivity index (χ0v) is 12.6. The summed E-state index contributed by atoms with van der Waals surface area (Å²) in [5.41, 5.74) is 10.2. The van der Waals surface area contributed by atoms with Crippen LogP contribution < -0.4 is 5.73 Å². The van der Waals surface area contributed by atoms with Gasteiger partial charge >= 0.3 is 0 Å². The highest BCUT2D eigenvalue weighted by Crippen LogP contribution is 2.27. The van der Waals surface area contributed by atoms with Gasteiger partial charge in [0.1, 0.15) is 17.3 Å². The summed E-state index contributed by atoms with van der Waals surface area (Å²) in [6.07, 6.45) is 3.58. The molecule has 3 nitrogen and oxygen atoms in total. The van der Waals surface area contributed by atoms with Crippen molar-refractivity contribution in [2.75, 3.05) is 5.73 Å². The molecule has 2 aromatic carbocycles. The van der Waals surface area contributed by atoms with Crippen LogP contribution in [-0.4, -0.2) is 9.38 Å². The smallest absolute Gasteiger partial charge is 0.137 e. The molecule has 0 spiro atoms. The minimum absolute atomic E-state index is 0.475. The van der Waals surface area contributed by atoms with Gasteiger partial charge in [0.25, 0.3) is 0 Å². The molecular weight excluding hydrogens is 308 g/mol. The Labute approximate surface area is 137 Å². The van der Waals surface area contributed by atoms with Gasteiger partial charge < -0.3 is 5.73 Å². The number of halogens is 2. The van der Waals surface area contributed by atoms with E-state index in [1.165, 1.54) is 12.1 Å². The molecule has 0 aliphatic heterocycles. The van der Waals surface area contributed by atoms with Gasteiger partial charge in [-0.2, -0.15) is 0 Å². The summed E-state index contributed by atoms with van der Waals surface area (Å²) < 4.78 is 28.7. The van der Waals surface area contributed by atoms with Crippen LogP contribution in [0.15, 0.2) is 67.0 Å². The van der Waals surface area contributed by atoms with Gasteiger partial charge in [0, 0.05) is 23.5 Å². The van der Waals surface area contributed by atoms with Gasteiger partial charge in [-0.25, -0.2) is 13.8 Å². The normalized spacial score (nSPS) is 11.1. The van der Waals surface area contributed by atoms with Gasteiger partial charge in [-0.15, -0.1) is 0 Å². The van der Waals surface area contributed by atoms with E-state index in [9.17, 15) is 8.78 Å². The van der Waals surface area contributed by atoms with Crippen LogP contribution in [0.5, 0.6) is 0 Å². The number of hydrogen-bond donors (Lipinski definition) is 1.